The third-order valence-corrected chi connectivity index (χ3v) is 3.50. The van der Waals surface area contributed by atoms with Crippen LogP contribution in [-0.4, -0.2) is 23.2 Å². The number of aryl methyl sites for hydroxylation is 1. The standard InChI is InChI=1S/C14H12Cl2N2O3/c1-7-5-10(11(21-2)6-9(7)16)17-12-4-3-8(15)13(18-12)14(19)20/h3-6H,1-2H3,(H,17,18)(H,19,20). The molecule has 0 unspecified atom stereocenters. The third kappa shape index (κ3) is 3.37. The SMILES string of the molecule is COc1cc(Cl)c(C)cc1Nc1ccc(Cl)c(C(=O)O)n1. The van der Waals surface area contributed by atoms with Crippen molar-refractivity contribution in [3.63, 3.8) is 0 Å². The van der Waals surface area contributed by atoms with E-state index in [0.29, 0.717) is 22.3 Å². The van der Waals surface area contributed by atoms with E-state index in [1.54, 1.807) is 18.2 Å². The van der Waals surface area contributed by atoms with Crippen LogP contribution in [0.3, 0.4) is 0 Å². The zero-order valence-corrected chi connectivity index (χ0v) is 12.8. The Morgan fingerprint density at radius 1 is 1.29 bits per heavy atom. The Bertz CT molecular complexity index is 705. The Morgan fingerprint density at radius 3 is 2.62 bits per heavy atom. The molecule has 21 heavy (non-hydrogen) atoms. The average Bonchev–Trinajstić information content (AvgIpc) is 2.44. The second kappa shape index (κ2) is 6.20. The van der Waals surface area contributed by atoms with Crippen molar-refractivity contribution in [2.45, 2.75) is 6.92 Å². The number of ether oxygens (including phenoxy) is 1. The minimum atomic E-state index is -1.19. The number of carbonyl (C=O) groups is 1. The summed E-state index contributed by atoms with van der Waals surface area (Å²) in [6.45, 7) is 1.85. The number of anilines is 2. The molecule has 0 bridgehead atoms. The molecular weight excluding hydrogens is 315 g/mol. The Morgan fingerprint density at radius 2 is 2.00 bits per heavy atom. The summed E-state index contributed by atoms with van der Waals surface area (Å²) in [4.78, 5) is 15.0. The predicted octanol–water partition coefficient (Wildman–Crippen LogP) is 4.15. The van der Waals surface area contributed by atoms with Crippen LogP contribution in [0.1, 0.15) is 16.1 Å². The van der Waals surface area contributed by atoms with Gasteiger partial charge in [-0.15, -0.1) is 0 Å². The minimum absolute atomic E-state index is 0.0762. The van der Waals surface area contributed by atoms with Crippen LogP contribution in [-0.2, 0) is 0 Å². The van der Waals surface area contributed by atoms with E-state index >= 15 is 0 Å². The molecule has 0 saturated carbocycles. The highest BCUT2D eigenvalue weighted by Crippen LogP contribution is 2.33. The number of hydrogen-bond acceptors (Lipinski definition) is 4. The van der Waals surface area contributed by atoms with E-state index in [1.165, 1.54) is 13.2 Å². The number of nitrogens with one attached hydrogen (secondary N) is 1. The number of rotatable bonds is 4. The molecule has 1 aromatic carbocycles. The lowest BCUT2D eigenvalue weighted by Gasteiger charge is -2.13. The summed E-state index contributed by atoms with van der Waals surface area (Å²) in [5.74, 6) is -0.320. The number of carboxylic acids is 1. The second-order valence-electron chi connectivity index (χ2n) is 4.26. The molecule has 0 aliphatic heterocycles. The van der Waals surface area contributed by atoms with Crippen LogP contribution < -0.4 is 10.1 Å². The smallest absolute Gasteiger partial charge is 0.356 e. The normalized spacial score (nSPS) is 10.3. The number of hydrogen-bond donors (Lipinski definition) is 2. The highest BCUT2D eigenvalue weighted by molar-refractivity contribution is 6.33. The lowest BCUT2D eigenvalue weighted by atomic mass is 10.2. The fourth-order valence-corrected chi connectivity index (χ4v) is 2.07. The summed E-state index contributed by atoms with van der Waals surface area (Å²) in [5.41, 5.74) is 1.27. The first-order valence-corrected chi connectivity index (χ1v) is 6.69. The van der Waals surface area contributed by atoms with Crippen molar-refractivity contribution in [2.75, 3.05) is 12.4 Å². The summed E-state index contributed by atoms with van der Waals surface area (Å²) in [7, 11) is 1.52. The molecule has 0 radical (unpaired) electrons. The largest absolute Gasteiger partial charge is 0.495 e. The van der Waals surface area contributed by atoms with Crippen LogP contribution in [0.25, 0.3) is 0 Å². The zero-order chi connectivity index (χ0) is 15.6. The van der Waals surface area contributed by atoms with E-state index < -0.39 is 5.97 Å². The number of methoxy groups -OCH3 is 1. The molecule has 0 aliphatic rings. The highest BCUT2D eigenvalue weighted by Gasteiger charge is 2.13. The minimum Gasteiger partial charge on any atom is -0.495 e. The number of aromatic carboxylic acids is 1. The lowest BCUT2D eigenvalue weighted by molar-refractivity contribution is 0.0691. The zero-order valence-electron chi connectivity index (χ0n) is 11.3. The Hall–Kier alpha value is -1.98. The molecule has 2 aromatic rings. The molecule has 0 atom stereocenters. The van der Waals surface area contributed by atoms with E-state index in [9.17, 15) is 4.79 Å². The Labute approximate surface area is 131 Å². The van der Waals surface area contributed by atoms with Gasteiger partial charge in [0.2, 0.25) is 0 Å². The maximum Gasteiger partial charge on any atom is 0.356 e. The van der Waals surface area contributed by atoms with Gasteiger partial charge in [0.05, 0.1) is 17.8 Å². The maximum atomic E-state index is 11.0. The third-order valence-electron chi connectivity index (χ3n) is 2.79. The van der Waals surface area contributed by atoms with Gasteiger partial charge in [0.25, 0.3) is 0 Å². The predicted molar refractivity (Wildman–Crippen MR) is 82.2 cm³/mol. The topological polar surface area (TPSA) is 71.5 Å². The van der Waals surface area contributed by atoms with Crippen LogP contribution in [0.15, 0.2) is 24.3 Å². The van der Waals surface area contributed by atoms with Crippen molar-refractivity contribution < 1.29 is 14.6 Å². The van der Waals surface area contributed by atoms with Gasteiger partial charge in [-0.05, 0) is 30.7 Å². The number of carboxylic acid groups (broad SMARTS) is 1. The molecule has 0 fully saturated rings. The molecule has 1 heterocycles. The summed E-state index contributed by atoms with van der Waals surface area (Å²) in [6.07, 6.45) is 0. The number of halogens is 2. The number of nitrogens with zero attached hydrogens (tertiary/aromatic N) is 1. The molecule has 5 nitrogen and oxygen atoms in total. The molecule has 0 aliphatic carbocycles. The highest BCUT2D eigenvalue weighted by atomic mass is 35.5. The molecule has 110 valence electrons. The van der Waals surface area contributed by atoms with Gasteiger partial charge in [-0.25, -0.2) is 9.78 Å². The van der Waals surface area contributed by atoms with Gasteiger partial charge < -0.3 is 15.2 Å². The molecule has 2 rings (SSSR count). The monoisotopic (exact) mass is 326 g/mol. The van der Waals surface area contributed by atoms with E-state index in [4.69, 9.17) is 33.0 Å². The lowest BCUT2D eigenvalue weighted by Crippen LogP contribution is -2.04. The first-order valence-electron chi connectivity index (χ1n) is 5.93. The summed E-state index contributed by atoms with van der Waals surface area (Å²) in [5, 5.41) is 12.7. The van der Waals surface area contributed by atoms with E-state index in [-0.39, 0.29) is 10.7 Å². The van der Waals surface area contributed by atoms with Crippen molar-refractivity contribution in [3.8, 4) is 5.75 Å². The first kappa shape index (κ1) is 15.4. The van der Waals surface area contributed by atoms with Crippen LogP contribution in [0, 0.1) is 6.92 Å². The van der Waals surface area contributed by atoms with Crippen LogP contribution in [0.2, 0.25) is 10.0 Å². The van der Waals surface area contributed by atoms with Gasteiger partial charge in [-0.2, -0.15) is 0 Å². The molecule has 0 amide bonds. The van der Waals surface area contributed by atoms with Gasteiger partial charge in [0.1, 0.15) is 11.6 Å². The van der Waals surface area contributed by atoms with E-state index in [0.717, 1.165) is 5.56 Å². The van der Waals surface area contributed by atoms with Crippen LogP contribution in [0.5, 0.6) is 5.75 Å². The van der Waals surface area contributed by atoms with Gasteiger partial charge >= 0.3 is 5.97 Å². The maximum absolute atomic E-state index is 11.0. The van der Waals surface area contributed by atoms with Crippen molar-refractivity contribution >= 4 is 40.7 Å². The van der Waals surface area contributed by atoms with Crippen LogP contribution >= 0.6 is 23.2 Å². The first-order chi connectivity index (χ1) is 9.92. The number of aromatic nitrogens is 1. The Balaban J connectivity index is 2.40. The van der Waals surface area contributed by atoms with Crippen molar-refractivity contribution in [3.05, 3.63) is 45.6 Å². The molecule has 0 spiro atoms. The molecule has 0 saturated heterocycles. The quantitative estimate of drug-likeness (QED) is 0.883. The average molecular weight is 327 g/mol. The fourth-order valence-electron chi connectivity index (χ4n) is 1.73. The Kier molecular flexibility index (Phi) is 4.55. The van der Waals surface area contributed by atoms with Gasteiger partial charge in [-0.1, -0.05) is 23.2 Å². The van der Waals surface area contributed by atoms with E-state index in [1.807, 2.05) is 6.92 Å². The molecule has 7 heteroatoms. The fraction of sp³-hybridized carbons (Fsp3) is 0.143. The molecular formula is C14H12Cl2N2O3. The molecule has 2 N–H and O–H groups in total. The molecule has 1 aromatic heterocycles. The summed E-state index contributed by atoms with van der Waals surface area (Å²) in [6, 6.07) is 6.51. The van der Waals surface area contributed by atoms with Gasteiger partial charge in [-0.3, -0.25) is 0 Å². The van der Waals surface area contributed by atoms with Gasteiger partial charge in [0, 0.05) is 11.1 Å². The van der Waals surface area contributed by atoms with Crippen LogP contribution in [0.4, 0.5) is 11.5 Å². The number of benzene rings is 1. The van der Waals surface area contributed by atoms with Gasteiger partial charge in [0.15, 0.2) is 5.69 Å². The second-order valence-corrected chi connectivity index (χ2v) is 5.07. The summed E-state index contributed by atoms with van der Waals surface area (Å²) < 4.78 is 5.24. The van der Waals surface area contributed by atoms with Crippen molar-refractivity contribution in [1.82, 2.24) is 4.98 Å². The number of pyridine rings is 1. The summed E-state index contributed by atoms with van der Waals surface area (Å²) >= 11 is 11.8. The van der Waals surface area contributed by atoms with Crippen molar-refractivity contribution in [1.29, 1.82) is 0 Å². The van der Waals surface area contributed by atoms with Crippen molar-refractivity contribution in [2.24, 2.45) is 0 Å². The van der Waals surface area contributed by atoms with E-state index in [2.05, 4.69) is 10.3 Å².